The maximum atomic E-state index is 13.4. The van der Waals surface area contributed by atoms with E-state index in [0.717, 1.165) is 0 Å². The Morgan fingerprint density at radius 2 is 2.04 bits per heavy atom. The Balaban J connectivity index is 1.33. The molecule has 4 rings (SSSR count). The quantitative estimate of drug-likeness (QED) is 0.898. The van der Waals surface area contributed by atoms with Gasteiger partial charge in [0.1, 0.15) is 0 Å². The largest absolute Gasteiger partial charge is 0.403 e. The van der Waals surface area contributed by atoms with Crippen LogP contribution in [-0.2, 0) is 4.79 Å². The number of halogens is 3. The lowest BCUT2D eigenvalue weighted by molar-refractivity contribution is -0.128. The topological polar surface area (TPSA) is 71.3 Å². The van der Waals surface area contributed by atoms with Crippen LogP contribution in [-0.4, -0.2) is 46.6 Å². The molecule has 1 N–H and O–H groups in total. The molecule has 25 heavy (non-hydrogen) atoms. The van der Waals surface area contributed by atoms with E-state index in [9.17, 15) is 13.6 Å². The molecular weight excluding hydrogens is 354 g/mol. The number of rotatable bonds is 4. The van der Waals surface area contributed by atoms with Gasteiger partial charge in [0.05, 0.1) is 12.0 Å². The van der Waals surface area contributed by atoms with Crippen LogP contribution in [0.15, 0.2) is 28.7 Å². The minimum absolute atomic E-state index is 0.0795. The summed E-state index contributed by atoms with van der Waals surface area (Å²) in [7, 11) is 0. The predicted molar refractivity (Wildman–Crippen MR) is 86.4 cm³/mol. The summed E-state index contributed by atoms with van der Waals surface area (Å²) in [6, 6.07) is 6.99. The van der Waals surface area contributed by atoms with Gasteiger partial charge >= 0.3 is 6.01 Å². The number of alkyl halides is 2. The van der Waals surface area contributed by atoms with Crippen molar-refractivity contribution in [2.24, 2.45) is 5.41 Å². The molecule has 2 aromatic rings. The molecule has 0 bridgehead atoms. The molecule has 1 aliphatic heterocycles. The zero-order valence-corrected chi connectivity index (χ0v) is 13.9. The number of anilines is 1. The molecule has 1 unspecified atom stereocenters. The van der Waals surface area contributed by atoms with Gasteiger partial charge in [-0.3, -0.25) is 4.79 Å². The average Bonchev–Trinajstić information content (AvgIpc) is 2.99. The first-order valence-electron chi connectivity index (χ1n) is 7.88. The summed E-state index contributed by atoms with van der Waals surface area (Å²) in [5, 5.41) is 11.1. The minimum Gasteiger partial charge on any atom is -0.403 e. The van der Waals surface area contributed by atoms with Crippen molar-refractivity contribution in [1.82, 2.24) is 15.1 Å². The van der Waals surface area contributed by atoms with Gasteiger partial charge in [-0.2, -0.15) is 0 Å². The van der Waals surface area contributed by atoms with Crippen molar-refractivity contribution < 1.29 is 18.0 Å². The Bertz CT molecular complexity index is 811. The lowest BCUT2D eigenvalue weighted by atomic mass is 10.1. The van der Waals surface area contributed by atoms with E-state index in [1.807, 2.05) is 0 Å². The third kappa shape index (κ3) is 2.95. The first-order chi connectivity index (χ1) is 11.9. The fraction of sp³-hybridized carbons (Fsp3) is 0.438. The first kappa shape index (κ1) is 16.3. The number of hydrogen-bond acceptors (Lipinski definition) is 5. The van der Waals surface area contributed by atoms with Crippen LogP contribution in [0.3, 0.4) is 0 Å². The highest BCUT2D eigenvalue weighted by Gasteiger charge is 2.72. The van der Waals surface area contributed by atoms with Crippen molar-refractivity contribution in [2.45, 2.75) is 18.8 Å². The predicted octanol–water partition coefficient (Wildman–Crippen LogP) is 3.06. The van der Waals surface area contributed by atoms with Gasteiger partial charge in [-0.1, -0.05) is 16.7 Å². The Labute approximate surface area is 147 Å². The average molecular weight is 369 g/mol. The monoisotopic (exact) mass is 368 g/mol. The van der Waals surface area contributed by atoms with E-state index in [2.05, 4.69) is 15.5 Å². The van der Waals surface area contributed by atoms with Crippen molar-refractivity contribution >= 4 is 23.5 Å². The Morgan fingerprint density at radius 1 is 1.32 bits per heavy atom. The first-order valence-corrected chi connectivity index (χ1v) is 8.25. The molecule has 2 heterocycles. The molecule has 1 aliphatic carbocycles. The third-order valence-electron chi connectivity index (χ3n) is 4.82. The van der Waals surface area contributed by atoms with Crippen LogP contribution in [0.4, 0.5) is 14.8 Å². The second kappa shape index (κ2) is 5.66. The van der Waals surface area contributed by atoms with E-state index >= 15 is 0 Å². The van der Waals surface area contributed by atoms with Gasteiger partial charge in [-0.15, -0.1) is 5.10 Å². The number of aromatic nitrogens is 2. The number of hydrogen-bond donors (Lipinski definition) is 1. The summed E-state index contributed by atoms with van der Waals surface area (Å²) in [6.07, 6.45) is 0.234. The molecule has 1 spiro atoms. The van der Waals surface area contributed by atoms with Gasteiger partial charge in [0.2, 0.25) is 11.8 Å². The maximum Gasteiger partial charge on any atom is 0.316 e. The normalized spacial score (nSPS) is 23.9. The highest BCUT2D eigenvalue weighted by Crippen LogP contribution is 2.64. The lowest BCUT2D eigenvalue weighted by Crippen LogP contribution is -2.34. The fourth-order valence-electron chi connectivity index (χ4n) is 3.18. The summed E-state index contributed by atoms with van der Waals surface area (Å²) in [4.78, 5) is 13.6. The molecule has 1 saturated heterocycles. The summed E-state index contributed by atoms with van der Waals surface area (Å²) >= 11 is 5.83. The Hall–Kier alpha value is -2.22. The van der Waals surface area contributed by atoms with Crippen molar-refractivity contribution in [3.63, 3.8) is 0 Å². The molecule has 132 valence electrons. The molecule has 6 nitrogen and oxygen atoms in total. The van der Waals surface area contributed by atoms with Crippen LogP contribution in [0.5, 0.6) is 0 Å². The maximum absolute atomic E-state index is 13.4. The summed E-state index contributed by atoms with van der Waals surface area (Å²) in [5.74, 6) is -2.59. The smallest absolute Gasteiger partial charge is 0.316 e. The highest BCUT2D eigenvalue weighted by atomic mass is 35.5. The van der Waals surface area contributed by atoms with E-state index in [-0.39, 0.29) is 31.4 Å². The number of carbonyl (C=O) groups excluding carboxylic acids is 1. The Kier molecular flexibility index (Phi) is 3.68. The summed E-state index contributed by atoms with van der Waals surface area (Å²) in [5.41, 5.74) is -0.289. The van der Waals surface area contributed by atoms with Gasteiger partial charge in [-0.25, -0.2) is 8.78 Å². The number of amides is 1. The summed E-state index contributed by atoms with van der Waals surface area (Å²) in [6.45, 7) is 0.389. The van der Waals surface area contributed by atoms with Crippen molar-refractivity contribution in [3.05, 3.63) is 29.3 Å². The molecule has 1 amide bonds. The van der Waals surface area contributed by atoms with Crippen molar-refractivity contribution in [2.75, 3.05) is 25.0 Å². The highest BCUT2D eigenvalue weighted by molar-refractivity contribution is 6.30. The number of likely N-dealkylation sites (tertiary alicyclic amines) is 1. The zero-order chi connectivity index (χ0) is 17.7. The molecule has 1 atom stereocenters. The second-order valence-electron chi connectivity index (χ2n) is 6.50. The zero-order valence-electron chi connectivity index (χ0n) is 13.1. The van der Waals surface area contributed by atoms with Crippen LogP contribution in [0.1, 0.15) is 12.8 Å². The molecular formula is C16H15ClF2N4O2. The minimum atomic E-state index is -2.63. The number of benzene rings is 1. The fourth-order valence-corrected chi connectivity index (χ4v) is 3.30. The van der Waals surface area contributed by atoms with E-state index < -0.39 is 11.3 Å². The lowest BCUT2D eigenvalue weighted by Gasteiger charge is -2.16. The molecule has 0 radical (unpaired) electrons. The summed E-state index contributed by atoms with van der Waals surface area (Å²) < 4.78 is 32.2. The van der Waals surface area contributed by atoms with Crippen LogP contribution in [0.25, 0.3) is 11.5 Å². The van der Waals surface area contributed by atoms with Gasteiger partial charge < -0.3 is 14.6 Å². The van der Waals surface area contributed by atoms with Crippen LogP contribution < -0.4 is 5.32 Å². The Morgan fingerprint density at radius 3 is 2.68 bits per heavy atom. The van der Waals surface area contributed by atoms with Crippen molar-refractivity contribution in [3.8, 4) is 11.5 Å². The molecule has 9 heteroatoms. The van der Waals surface area contributed by atoms with Gasteiger partial charge in [0, 0.05) is 30.1 Å². The van der Waals surface area contributed by atoms with Gasteiger partial charge in [0.15, 0.2) is 0 Å². The SMILES string of the molecule is O=C(CNc1nnc(-c2ccc(Cl)cc2)o1)N1CCC2(C1)CC2(F)F. The van der Waals surface area contributed by atoms with Crippen LogP contribution in [0.2, 0.25) is 5.02 Å². The van der Waals surface area contributed by atoms with Crippen molar-refractivity contribution in [1.29, 1.82) is 0 Å². The van der Waals surface area contributed by atoms with Gasteiger partial charge in [0.25, 0.3) is 5.92 Å². The number of nitrogens with one attached hydrogen (secondary N) is 1. The van der Waals surface area contributed by atoms with Crippen LogP contribution in [0, 0.1) is 5.41 Å². The van der Waals surface area contributed by atoms with E-state index in [1.54, 1.807) is 24.3 Å². The number of carbonyl (C=O) groups is 1. The van der Waals surface area contributed by atoms with Crippen LogP contribution >= 0.6 is 11.6 Å². The third-order valence-corrected chi connectivity index (χ3v) is 5.08. The van der Waals surface area contributed by atoms with E-state index in [0.29, 0.717) is 29.4 Å². The molecule has 2 fully saturated rings. The standard InChI is InChI=1S/C16H15ClF2N4O2/c17-11-3-1-10(2-4-11)13-21-22-14(25-13)20-7-12(24)23-6-5-15(9-23)8-16(15,18)19/h1-4H,5-9H2,(H,20,22). The number of nitrogens with zero attached hydrogens (tertiary/aromatic N) is 3. The second-order valence-corrected chi connectivity index (χ2v) is 6.94. The van der Waals surface area contributed by atoms with E-state index in [1.165, 1.54) is 4.90 Å². The van der Waals surface area contributed by atoms with E-state index in [4.69, 9.17) is 16.0 Å². The molecule has 1 saturated carbocycles. The molecule has 2 aliphatic rings. The van der Waals surface area contributed by atoms with Gasteiger partial charge in [-0.05, 0) is 30.7 Å². The molecule has 1 aromatic carbocycles. The molecule has 1 aromatic heterocycles.